The highest BCUT2D eigenvalue weighted by Gasteiger charge is 2.16. The molecule has 0 unspecified atom stereocenters. The summed E-state index contributed by atoms with van der Waals surface area (Å²) in [5.74, 6) is 1.75. The minimum atomic E-state index is -0.509. The van der Waals surface area contributed by atoms with Gasteiger partial charge < -0.3 is 18.9 Å². The molecule has 8 nitrogen and oxygen atoms in total. The van der Waals surface area contributed by atoms with Crippen molar-refractivity contribution in [3.05, 3.63) is 54.6 Å². The maximum atomic E-state index is 12.3. The number of carbonyl (C=O) groups is 2. The minimum absolute atomic E-state index is 0.0138. The van der Waals surface area contributed by atoms with Crippen molar-refractivity contribution in [1.29, 1.82) is 0 Å². The van der Waals surface area contributed by atoms with E-state index in [0.29, 0.717) is 18.1 Å². The van der Waals surface area contributed by atoms with Gasteiger partial charge in [-0.15, -0.1) is 0 Å². The smallest absolute Gasteiger partial charge is 0.420 e. The molecule has 0 atom stereocenters. The first kappa shape index (κ1) is 29.3. The number of unbranched alkanes of at least 4 members (excludes halogenated alkanes) is 5. The molecule has 0 heterocycles. The van der Waals surface area contributed by atoms with Crippen molar-refractivity contribution >= 4 is 24.2 Å². The summed E-state index contributed by atoms with van der Waals surface area (Å²) in [5, 5.41) is 0. The van der Waals surface area contributed by atoms with Gasteiger partial charge in [0.25, 0.3) is 0 Å². The molecule has 0 aliphatic rings. The Morgan fingerprint density at radius 1 is 0.806 bits per heavy atom. The number of ether oxygens (including phenoxy) is 4. The first-order valence-corrected chi connectivity index (χ1v) is 13.3. The molecule has 36 heavy (non-hydrogen) atoms. The van der Waals surface area contributed by atoms with E-state index in [4.69, 9.17) is 18.9 Å². The molecule has 0 fully saturated rings. The number of nitrogens with one attached hydrogen (secondary N) is 1. The first-order chi connectivity index (χ1) is 17.6. The van der Waals surface area contributed by atoms with Crippen LogP contribution in [-0.4, -0.2) is 49.3 Å². The molecule has 0 saturated heterocycles. The van der Waals surface area contributed by atoms with E-state index in [-0.39, 0.29) is 32.3 Å². The predicted molar refractivity (Wildman–Crippen MR) is 142 cm³/mol. The quantitative estimate of drug-likeness (QED) is 0.138. The lowest BCUT2D eigenvalue weighted by Crippen LogP contribution is -2.33. The van der Waals surface area contributed by atoms with Crippen LogP contribution in [0.3, 0.4) is 0 Å². The normalized spacial score (nSPS) is 10.5. The molecule has 0 spiro atoms. The van der Waals surface area contributed by atoms with Crippen LogP contribution in [0.5, 0.6) is 17.2 Å². The van der Waals surface area contributed by atoms with Crippen LogP contribution in [0.15, 0.2) is 54.6 Å². The number of hydrogen-bond acceptors (Lipinski definition) is 8. The van der Waals surface area contributed by atoms with E-state index in [1.165, 1.54) is 30.0 Å². The van der Waals surface area contributed by atoms with Crippen molar-refractivity contribution in [2.24, 2.45) is 0 Å². The van der Waals surface area contributed by atoms with Crippen molar-refractivity contribution in [3.63, 3.8) is 0 Å². The average Bonchev–Trinajstić information content (AvgIpc) is 2.89. The second kappa shape index (κ2) is 18.4. The van der Waals surface area contributed by atoms with E-state index < -0.39 is 6.09 Å². The topological polar surface area (TPSA) is 86.3 Å². The fourth-order valence-corrected chi connectivity index (χ4v) is 3.76. The SMILES string of the molecule is CCCCCCCCOC(=O)CNSN(CCOc1ccc(Oc2ccccc2)cc1)C(=O)OCC. The highest BCUT2D eigenvalue weighted by molar-refractivity contribution is 7.95. The van der Waals surface area contributed by atoms with Gasteiger partial charge in [0, 0.05) is 12.1 Å². The van der Waals surface area contributed by atoms with Gasteiger partial charge in [-0.05, 0) is 49.7 Å². The van der Waals surface area contributed by atoms with Gasteiger partial charge >= 0.3 is 12.1 Å². The summed E-state index contributed by atoms with van der Waals surface area (Å²) < 4.78 is 26.1. The number of carbonyl (C=O) groups excluding carboxylic acids is 2. The molecule has 0 aromatic heterocycles. The van der Waals surface area contributed by atoms with Gasteiger partial charge in [-0.2, -0.15) is 0 Å². The maximum Gasteiger partial charge on any atom is 0.420 e. The van der Waals surface area contributed by atoms with Gasteiger partial charge in [0.15, 0.2) is 0 Å². The van der Waals surface area contributed by atoms with Crippen molar-refractivity contribution < 1.29 is 28.5 Å². The van der Waals surface area contributed by atoms with Crippen LogP contribution < -0.4 is 14.2 Å². The molecular formula is C27H38N2O6S. The number of amides is 1. The number of benzene rings is 2. The number of hydrogen-bond donors (Lipinski definition) is 1. The molecular weight excluding hydrogens is 480 g/mol. The lowest BCUT2D eigenvalue weighted by Gasteiger charge is -2.20. The van der Waals surface area contributed by atoms with Crippen LogP contribution in [0.1, 0.15) is 52.4 Å². The highest BCUT2D eigenvalue weighted by atomic mass is 32.2. The zero-order chi connectivity index (χ0) is 25.8. The highest BCUT2D eigenvalue weighted by Crippen LogP contribution is 2.23. The van der Waals surface area contributed by atoms with Gasteiger partial charge in [0.05, 0.1) is 19.8 Å². The molecule has 2 rings (SSSR count). The summed E-state index contributed by atoms with van der Waals surface area (Å²) in [4.78, 5) is 24.2. The van der Waals surface area contributed by atoms with Crippen molar-refractivity contribution in [2.45, 2.75) is 52.4 Å². The van der Waals surface area contributed by atoms with Crippen LogP contribution >= 0.6 is 12.1 Å². The Hall–Kier alpha value is -2.91. The standard InChI is InChI=1S/C27H38N2O6S/c1-3-5-6-7-8-12-20-34-26(30)22-28-36-29(27(31)32-4-2)19-21-33-23-15-17-25(18-16-23)35-24-13-10-9-11-14-24/h9-11,13-18,28H,3-8,12,19-22H2,1-2H3. The number of para-hydroxylation sites is 1. The third-order valence-electron chi connectivity index (χ3n) is 4.99. The number of rotatable bonds is 18. The summed E-state index contributed by atoms with van der Waals surface area (Å²) >= 11 is 0.998. The zero-order valence-corrected chi connectivity index (χ0v) is 22.1. The summed E-state index contributed by atoms with van der Waals surface area (Å²) in [7, 11) is 0. The predicted octanol–water partition coefficient (Wildman–Crippen LogP) is 6.37. The summed E-state index contributed by atoms with van der Waals surface area (Å²) in [6, 6.07) is 16.8. The molecule has 0 radical (unpaired) electrons. The summed E-state index contributed by atoms with van der Waals surface area (Å²) in [6.45, 7) is 5.08. The average molecular weight is 519 g/mol. The third-order valence-corrected chi connectivity index (χ3v) is 5.81. The second-order valence-corrected chi connectivity index (χ2v) is 8.85. The van der Waals surface area contributed by atoms with Gasteiger partial charge in [-0.3, -0.25) is 4.79 Å². The Morgan fingerprint density at radius 3 is 2.19 bits per heavy atom. The van der Waals surface area contributed by atoms with Crippen molar-refractivity contribution in [3.8, 4) is 17.2 Å². The Balaban J connectivity index is 1.67. The van der Waals surface area contributed by atoms with Gasteiger partial charge in [-0.1, -0.05) is 57.2 Å². The lowest BCUT2D eigenvalue weighted by molar-refractivity contribution is -0.142. The second-order valence-electron chi connectivity index (χ2n) is 7.94. The zero-order valence-electron chi connectivity index (χ0n) is 21.3. The number of esters is 1. The molecule has 198 valence electrons. The molecule has 0 saturated carbocycles. The van der Waals surface area contributed by atoms with Gasteiger partial charge in [-0.25, -0.2) is 13.8 Å². The van der Waals surface area contributed by atoms with Crippen LogP contribution in [-0.2, 0) is 14.3 Å². The first-order valence-electron chi connectivity index (χ1n) is 12.6. The Kier molecular flexibility index (Phi) is 15.0. The Bertz CT molecular complexity index is 866. The maximum absolute atomic E-state index is 12.3. The molecule has 9 heteroatoms. The monoisotopic (exact) mass is 518 g/mol. The van der Waals surface area contributed by atoms with Crippen LogP contribution in [0.2, 0.25) is 0 Å². The molecule has 1 amide bonds. The fraction of sp³-hybridized carbons (Fsp3) is 0.481. The molecule has 1 N–H and O–H groups in total. The van der Waals surface area contributed by atoms with E-state index in [0.717, 1.165) is 30.7 Å². The van der Waals surface area contributed by atoms with Crippen LogP contribution in [0.25, 0.3) is 0 Å². The van der Waals surface area contributed by atoms with E-state index >= 15 is 0 Å². The molecule has 2 aromatic rings. The Morgan fingerprint density at radius 2 is 1.47 bits per heavy atom. The molecule has 0 aliphatic heterocycles. The summed E-state index contributed by atoms with van der Waals surface area (Å²) in [5.41, 5.74) is 0. The molecule has 0 bridgehead atoms. The van der Waals surface area contributed by atoms with Gasteiger partial charge in [0.2, 0.25) is 0 Å². The fourth-order valence-electron chi connectivity index (χ4n) is 3.13. The van der Waals surface area contributed by atoms with Crippen molar-refractivity contribution in [1.82, 2.24) is 9.03 Å². The van der Waals surface area contributed by atoms with E-state index in [1.54, 1.807) is 19.1 Å². The Labute approximate surface area is 218 Å². The number of nitrogens with zero attached hydrogens (tertiary/aromatic N) is 1. The van der Waals surface area contributed by atoms with Crippen molar-refractivity contribution in [2.75, 3.05) is 32.9 Å². The van der Waals surface area contributed by atoms with E-state index in [2.05, 4.69) is 11.6 Å². The van der Waals surface area contributed by atoms with Gasteiger partial charge in [0.1, 0.15) is 30.4 Å². The van der Waals surface area contributed by atoms with E-state index in [9.17, 15) is 9.59 Å². The lowest BCUT2D eigenvalue weighted by atomic mass is 10.1. The van der Waals surface area contributed by atoms with E-state index in [1.807, 2.05) is 42.5 Å². The summed E-state index contributed by atoms with van der Waals surface area (Å²) in [6.07, 6.45) is 6.28. The third kappa shape index (κ3) is 12.7. The van der Waals surface area contributed by atoms with Crippen LogP contribution in [0, 0.1) is 0 Å². The molecule has 0 aliphatic carbocycles. The minimum Gasteiger partial charge on any atom is -0.492 e. The molecule has 2 aromatic carbocycles. The van der Waals surface area contributed by atoms with Crippen LogP contribution in [0.4, 0.5) is 4.79 Å². The largest absolute Gasteiger partial charge is 0.492 e.